The lowest BCUT2D eigenvalue weighted by Crippen LogP contribution is -2.38. The van der Waals surface area contributed by atoms with Crippen LogP contribution in [0.5, 0.6) is 5.75 Å². The van der Waals surface area contributed by atoms with Gasteiger partial charge < -0.3 is 20.7 Å². The molecule has 7 heteroatoms. The number of benzene rings is 3. The Bertz CT molecular complexity index is 980. The van der Waals surface area contributed by atoms with Crippen LogP contribution in [0.15, 0.2) is 84.9 Å². The Labute approximate surface area is 182 Å². The lowest BCUT2D eigenvalue weighted by atomic mass is 10.2. The Kier molecular flexibility index (Phi) is 7.88. The van der Waals surface area contributed by atoms with Crippen LogP contribution in [-0.4, -0.2) is 32.3 Å². The number of nitrogens with one attached hydrogen (secondary N) is 3. The van der Waals surface area contributed by atoms with Crippen molar-refractivity contribution in [3.05, 3.63) is 84.9 Å². The number of hydrogen-bond donors (Lipinski definition) is 3. The maximum Gasteiger partial charge on any atom is 0.326 e. The number of nitrogens with zero attached hydrogens (tertiary/aromatic N) is 1. The van der Waals surface area contributed by atoms with Crippen LogP contribution in [0.1, 0.15) is 6.42 Å². The van der Waals surface area contributed by atoms with E-state index in [-0.39, 0.29) is 12.1 Å². The first-order chi connectivity index (χ1) is 15.2. The fourth-order valence-corrected chi connectivity index (χ4v) is 3.02. The molecule has 0 fully saturated rings. The standard InChI is InChI=1S/C24H26N4O3/c1-31-22-16-9-8-15-21(22)27-24(30)28(20-13-6-3-7-14-20)18-10-17-25-23(29)26-19-11-4-2-5-12-19/h2-9,11-16H,10,17-18H2,1H3,(H,27,30)(H2,25,26,29). The van der Waals surface area contributed by atoms with Crippen LogP contribution in [0.4, 0.5) is 26.7 Å². The van der Waals surface area contributed by atoms with Gasteiger partial charge >= 0.3 is 12.1 Å². The van der Waals surface area contributed by atoms with Gasteiger partial charge in [-0.15, -0.1) is 0 Å². The molecule has 0 spiro atoms. The summed E-state index contributed by atoms with van der Waals surface area (Å²) in [5.74, 6) is 0.586. The van der Waals surface area contributed by atoms with Crippen molar-refractivity contribution in [2.45, 2.75) is 6.42 Å². The smallest absolute Gasteiger partial charge is 0.326 e. The van der Waals surface area contributed by atoms with Crippen LogP contribution in [-0.2, 0) is 0 Å². The molecule has 3 aromatic carbocycles. The molecule has 0 aromatic heterocycles. The molecule has 0 radical (unpaired) electrons. The first-order valence-corrected chi connectivity index (χ1v) is 10.0. The van der Waals surface area contributed by atoms with Gasteiger partial charge in [-0.25, -0.2) is 9.59 Å². The van der Waals surface area contributed by atoms with E-state index in [4.69, 9.17) is 4.74 Å². The van der Waals surface area contributed by atoms with E-state index in [1.54, 1.807) is 24.1 Å². The number of rotatable bonds is 8. The van der Waals surface area contributed by atoms with E-state index in [9.17, 15) is 9.59 Å². The fourth-order valence-electron chi connectivity index (χ4n) is 3.02. The summed E-state index contributed by atoms with van der Waals surface area (Å²) in [7, 11) is 1.56. The second kappa shape index (κ2) is 11.3. The van der Waals surface area contributed by atoms with Gasteiger partial charge in [0, 0.05) is 24.5 Å². The fraction of sp³-hybridized carbons (Fsp3) is 0.167. The number of ether oxygens (including phenoxy) is 1. The number of amides is 4. The molecule has 3 N–H and O–H groups in total. The molecule has 160 valence electrons. The third kappa shape index (κ3) is 6.50. The number of para-hydroxylation sites is 4. The summed E-state index contributed by atoms with van der Waals surface area (Å²) < 4.78 is 5.32. The first kappa shape index (κ1) is 21.7. The molecular weight excluding hydrogens is 392 g/mol. The summed E-state index contributed by atoms with van der Waals surface area (Å²) in [6.45, 7) is 0.848. The normalized spacial score (nSPS) is 10.1. The minimum Gasteiger partial charge on any atom is -0.495 e. The summed E-state index contributed by atoms with van der Waals surface area (Å²) in [6.07, 6.45) is 0.580. The van der Waals surface area contributed by atoms with Crippen molar-refractivity contribution in [1.82, 2.24) is 5.32 Å². The average Bonchev–Trinajstić information content (AvgIpc) is 2.80. The van der Waals surface area contributed by atoms with E-state index < -0.39 is 0 Å². The summed E-state index contributed by atoms with van der Waals surface area (Å²) >= 11 is 0. The van der Waals surface area contributed by atoms with E-state index in [0.717, 1.165) is 11.4 Å². The highest BCUT2D eigenvalue weighted by Crippen LogP contribution is 2.24. The molecule has 0 saturated carbocycles. The second-order valence-electron chi connectivity index (χ2n) is 6.72. The lowest BCUT2D eigenvalue weighted by molar-refractivity contribution is 0.252. The zero-order valence-electron chi connectivity index (χ0n) is 17.4. The Morgan fingerprint density at radius 2 is 1.48 bits per heavy atom. The predicted octanol–water partition coefficient (Wildman–Crippen LogP) is 4.95. The summed E-state index contributed by atoms with van der Waals surface area (Å²) in [5, 5.41) is 8.49. The van der Waals surface area contributed by atoms with E-state index in [1.165, 1.54) is 0 Å². The minimum absolute atomic E-state index is 0.274. The summed E-state index contributed by atoms with van der Waals surface area (Å²) in [5.41, 5.74) is 2.09. The topological polar surface area (TPSA) is 82.7 Å². The number of carbonyl (C=O) groups is 2. The maximum absolute atomic E-state index is 13.0. The van der Waals surface area contributed by atoms with Crippen LogP contribution in [0.2, 0.25) is 0 Å². The molecule has 7 nitrogen and oxygen atoms in total. The van der Waals surface area contributed by atoms with Gasteiger partial charge in [-0.1, -0.05) is 48.5 Å². The van der Waals surface area contributed by atoms with Gasteiger partial charge in [0.15, 0.2) is 0 Å². The highest BCUT2D eigenvalue weighted by Gasteiger charge is 2.17. The van der Waals surface area contributed by atoms with Gasteiger partial charge in [-0.2, -0.15) is 0 Å². The molecule has 0 aliphatic carbocycles. The van der Waals surface area contributed by atoms with Gasteiger partial charge in [0.1, 0.15) is 5.75 Å². The van der Waals surface area contributed by atoms with Crippen molar-refractivity contribution in [3.63, 3.8) is 0 Å². The van der Waals surface area contributed by atoms with Crippen molar-refractivity contribution >= 4 is 29.1 Å². The lowest BCUT2D eigenvalue weighted by Gasteiger charge is -2.24. The van der Waals surface area contributed by atoms with Crippen LogP contribution < -0.4 is 25.6 Å². The molecule has 0 atom stereocenters. The zero-order valence-corrected chi connectivity index (χ0v) is 17.4. The Morgan fingerprint density at radius 3 is 2.19 bits per heavy atom. The van der Waals surface area contributed by atoms with Gasteiger partial charge in [-0.3, -0.25) is 4.90 Å². The SMILES string of the molecule is COc1ccccc1NC(=O)N(CCCNC(=O)Nc1ccccc1)c1ccccc1. The van der Waals surface area contributed by atoms with Gasteiger partial charge in [0.25, 0.3) is 0 Å². The van der Waals surface area contributed by atoms with Crippen molar-refractivity contribution in [3.8, 4) is 5.75 Å². The predicted molar refractivity (Wildman–Crippen MR) is 124 cm³/mol. The highest BCUT2D eigenvalue weighted by molar-refractivity contribution is 6.02. The molecule has 0 bridgehead atoms. The first-order valence-electron chi connectivity index (χ1n) is 10.0. The van der Waals surface area contributed by atoms with E-state index in [2.05, 4.69) is 16.0 Å². The maximum atomic E-state index is 13.0. The molecule has 3 rings (SSSR count). The average molecular weight is 418 g/mol. The third-order valence-corrected chi connectivity index (χ3v) is 4.54. The summed E-state index contributed by atoms with van der Waals surface area (Å²) in [6, 6.07) is 25.3. The number of hydrogen-bond acceptors (Lipinski definition) is 3. The van der Waals surface area contributed by atoms with Crippen LogP contribution in [0.25, 0.3) is 0 Å². The molecule has 0 heterocycles. The van der Waals surface area contributed by atoms with Crippen molar-refractivity contribution in [1.29, 1.82) is 0 Å². The van der Waals surface area contributed by atoms with Gasteiger partial charge in [0.05, 0.1) is 12.8 Å². The van der Waals surface area contributed by atoms with E-state index >= 15 is 0 Å². The molecule has 0 aliphatic heterocycles. The van der Waals surface area contributed by atoms with Crippen LogP contribution >= 0.6 is 0 Å². The molecule has 0 unspecified atom stereocenters. The number of carbonyl (C=O) groups excluding carboxylic acids is 2. The molecular formula is C24H26N4O3. The van der Waals surface area contributed by atoms with Crippen LogP contribution in [0.3, 0.4) is 0 Å². The Morgan fingerprint density at radius 1 is 0.839 bits per heavy atom. The minimum atomic E-state index is -0.282. The third-order valence-electron chi connectivity index (χ3n) is 4.54. The Balaban J connectivity index is 1.58. The number of anilines is 3. The molecule has 0 aliphatic rings. The van der Waals surface area contributed by atoms with Crippen molar-refractivity contribution in [2.75, 3.05) is 35.7 Å². The van der Waals surface area contributed by atoms with Gasteiger partial charge in [-0.05, 0) is 42.8 Å². The molecule has 4 amide bonds. The molecule has 0 saturated heterocycles. The van der Waals surface area contributed by atoms with E-state index in [0.29, 0.717) is 30.9 Å². The Hall–Kier alpha value is -4.00. The quantitative estimate of drug-likeness (QED) is 0.453. The monoisotopic (exact) mass is 418 g/mol. The highest BCUT2D eigenvalue weighted by atomic mass is 16.5. The summed E-state index contributed by atoms with van der Waals surface area (Å²) in [4.78, 5) is 26.7. The van der Waals surface area contributed by atoms with E-state index in [1.807, 2.05) is 72.8 Å². The second-order valence-corrected chi connectivity index (χ2v) is 6.72. The number of methoxy groups -OCH3 is 1. The van der Waals surface area contributed by atoms with Gasteiger partial charge in [0.2, 0.25) is 0 Å². The van der Waals surface area contributed by atoms with Crippen molar-refractivity contribution in [2.24, 2.45) is 0 Å². The molecule has 31 heavy (non-hydrogen) atoms. The zero-order chi connectivity index (χ0) is 21.9. The largest absolute Gasteiger partial charge is 0.495 e. The van der Waals surface area contributed by atoms with Crippen LogP contribution in [0, 0.1) is 0 Å². The number of urea groups is 2. The van der Waals surface area contributed by atoms with Crippen molar-refractivity contribution < 1.29 is 14.3 Å². The molecule has 3 aromatic rings.